The molecule has 3 fully saturated rings. The zero-order valence-corrected chi connectivity index (χ0v) is 30.5. The molecule has 282 valence electrons. The molecule has 0 spiro atoms. The summed E-state index contributed by atoms with van der Waals surface area (Å²) in [5.74, 6) is -3.67. The molecule has 5 amide bonds. The molecular formula is C37H55N5O9. The van der Waals surface area contributed by atoms with Crippen LogP contribution in [0.3, 0.4) is 0 Å². The van der Waals surface area contributed by atoms with Gasteiger partial charge in [0.15, 0.2) is 0 Å². The van der Waals surface area contributed by atoms with Crippen molar-refractivity contribution in [1.82, 2.24) is 26.2 Å². The highest BCUT2D eigenvalue weighted by Gasteiger charge is 2.56. The largest absolute Gasteiger partial charge is 0.466 e. The van der Waals surface area contributed by atoms with E-state index in [0.717, 1.165) is 19.3 Å². The summed E-state index contributed by atoms with van der Waals surface area (Å²) < 4.78 is 16.9. The highest BCUT2D eigenvalue weighted by molar-refractivity contribution is 6.38. The van der Waals surface area contributed by atoms with Crippen LogP contribution in [0.2, 0.25) is 0 Å². The number of Topliss-reactive ketones (excluding diaryl/α,β-unsaturated/α-hetero) is 1. The number of rotatable bonds is 16. The molecule has 6 atom stereocenters. The van der Waals surface area contributed by atoms with Gasteiger partial charge in [-0.3, -0.25) is 19.2 Å². The van der Waals surface area contributed by atoms with Crippen LogP contribution in [0.1, 0.15) is 91.7 Å². The fourth-order valence-corrected chi connectivity index (χ4v) is 7.53. The molecular weight excluding hydrogens is 658 g/mol. The first-order chi connectivity index (χ1) is 24.3. The van der Waals surface area contributed by atoms with Crippen LogP contribution >= 0.6 is 0 Å². The van der Waals surface area contributed by atoms with Crippen molar-refractivity contribution in [2.75, 3.05) is 13.1 Å². The highest BCUT2D eigenvalue weighted by Crippen LogP contribution is 2.43. The van der Waals surface area contributed by atoms with Gasteiger partial charge in [-0.1, -0.05) is 52.5 Å². The number of furan rings is 1. The van der Waals surface area contributed by atoms with Crippen molar-refractivity contribution in [3.63, 3.8) is 0 Å². The Morgan fingerprint density at radius 3 is 2.43 bits per heavy atom. The molecule has 3 heterocycles. The van der Waals surface area contributed by atoms with Crippen molar-refractivity contribution in [2.24, 2.45) is 17.8 Å². The number of nitrogens with zero attached hydrogens (tertiary/aromatic N) is 1. The second kappa shape index (κ2) is 17.8. The quantitative estimate of drug-likeness (QED) is 0.114. The van der Waals surface area contributed by atoms with Gasteiger partial charge in [-0.15, -0.1) is 6.58 Å². The minimum Gasteiger partial charge on any atom is -0.466 e. The summed E-state index contributed by atoms with van der Waals surface area (Å²) in [6.45, 7) is 12.9. The lowest BCUT2D eigenvalue weighted by Crippen LogP contribution is -2.61. The van der Waals surface area contributed by atoms with Crippen molar-refractivity contribution in [3.8, 4) is 0 Å². The summed E-state index contributed by atoms with van der Waals surface area (Å²) in [4.78, 5) is 82.6. The van der Waals surface area contributed by atoms with Gasteiger partial charge in [0.05, 0.1) is 24.0 Å². The lowest BCUT2D eigenvalue weighted by molar-refractivity contribution is -0.149. The number of urea groups is 1. The van der Waals surface area contributed by atoms with E-state index in [1.165, 1.54) is 17.2 Å². The average molecular weight is 714 g/mol. The Bertz CT molecular complexity index is 1400. The monoisotopic (exact) mass is 713 g/mol. The Morgan fingerprint density at radius 1 is 1.08 bits per heavy atom. The van der Waals surface area contributed by atoms with Crippen LogP contribution in [-0.2, 0) is 40.1 Å². The number of hydrogen-bond acceptors (Lipinski definition) is 9. The Labute approximate surface area is 300 Å². The number of amides is 5. The Morgan fingerprint density at radius 2 is 1.80 bits per heavy atom. The summed E-state index contributed by atoms with van der Waals surface area (Å²) >= 11 is 0. The maximum absolute atomic E-state index is 14.7. The first-order valence-electron chi connectivity index (χ1n) is 18.2. The van der Waals surface area contributed by atoms with Gasteiger partial charge in [0.25, 0.3) is 5.91 Å². The molecule has 1 unspecified atom stereocenters. The van der Waals surface area contributed by atoms with Crippen molar-refractivity contribution >= 4 is 35.5 Å². The van der Waals surface area contributed by atoms with Gasteiger partial charge < -0.3 is 40.1 Å². The molecule has 1 aromatic rings. The molecule has 1 aromatic heterocycles. The number of esters is 1. The van der Waals surface area contributed by atoms with E-state index < -0.39 is 71.4 Å². The number of hydrogen-bond donors (Lipinski definition) is 4. The molecule has 14 heteroatoms. The van der Waals surface area contributed by atoms with Gasteiger partial charge in [0.1, 0.15) is 30.5 Å². The topological polar surface area (TPSA) is 185 Å². The van der Waals surface area contributed by atoms with Gasteiger partial charge in [-0.05, 0) is 63.5 Å². The number of ketones is 1. The molecule has 0 aromatic carbocycles. The van der Waals surface area contributed by atoms with Gasteiger partial charge in [-0.25, -0.2) is 9.59 Å². The molecule has 1 aliphatic carbocycles. The molecule has 51 heavy (non-hydrogen) atoms. The van der Waals surface area contributed by atoms with E-state index in [1.54, 1.807) is 26.0 Å². The predicted molar refractivity (Wildman–Crippen MR) is 187 cm³/mol. The zero-order valence-electron chi connectivity index (χ0n) is 30.5. The standard InChI is InChI=1S/C37H55N5O9/c1-7-13-26(31(43)33(45)38-17-8-2)39-32(44)30-25-19-37(5,6)51-27(25)20-42(30)34(46)29(23-14-10-9-11-15-23)41-36(48)40-28(22(3)4)35(47)50-21-24-16-12-18-49-24/h8,12,16,18,22-23,25-30H,2,7,9-11,13-15,17,19-21H2,1,3-6H3,(H,38,45)(H,39,44)(H2,40,41,48)/t25-,26?,27-,28-,29-,30-/m0/s1. The number of ether oxygens (including phenoxy) is 2. The van der Waals surface area contributed by atoms with Crippen LogP contribution in [0.5, 0.6) is 0 Å². The van der Waals surface area contributed by atoms with Crippen LogP contribution < -0.4 is 21.3 Å². The second-order valence-corrected chi connectivity index (χ2v) is 14.8. The molecule has 1 saturated carbocycles. The van der Waals surface area contributed by atoms with Crippen LogP contribution in [0, 0.1) is 17.8 Å². The van der Waals surface area contributed by atoms with Gasteiger partial charge in [-0.2, -0.15) is 0 Å². The fourth-order valence-electron chi connectivity index (χ4n) is 7.53. The van der Waals surface area contributed by atoms with E-state index in [0.29, 0.717) is 31.4 Å². The number of likely N-dealkylation sites (tertiary alicyclic amines) is 1. The Balaban J connectivity index is 1.56. The first kappa shape index (κ1) is 39.6. The van der Waals surface area contributed by atoms with Crippen LogP contribution in [-0.4, -0.2) is 89.4 Å². The van der Waals surface area contributed by atoms with Gasteiger partial charge in [0, 0.05) is 19.0 Å². The zero-order chi connectivity index (χ0) is 37.3. The molecule has 14 nitrogen and oxygen atoms in total. The van der Waals surface area contributed by atoms with Gasteiger partial charge >= 0.3 is 12.0 Å². The lowest BCUT2D eigenvalue weighted by atomic mass is 9.83. The number of carbonyl (C=O) groups is 6. The van der Waals surface area contributed by atoms with Crippen molar-refractivity contribution < 1.29 is 42.7 Å². The van der Waals surface area contributed by atoms with Crippen LogP contribution in [0.4, 0.5) is 4.79 Å². The fraction of sp³-hybridized carbons (Fsp3) is 0.676. The van der Waals surface area contributed by atoms with E-state index in [2.05, 4.69) is 27.8 Å². The highest BCUT2D eigenvalue weighted by atomic mass is 16.5. The minimum atomic E-state index is -1.09. The minimum absolute atomic E-state index is 0.0919. The predicted octanol–water partition coefficient (Wildman–Crippen LogP) is 3.15. The smallest absolute Gasteiger partial charge is 0.329 e. The SMILES string of the molecule is C=CCNC(=O)C(=O)C(CCC)NC(=O)[C@@H]1[C@H]2CC(C)(C)O[C@H]2CN1C(=O)[C@@H](NC(=O)N[C@H](C(=O)OCc1ccco1)C(C)C)C1CCCCC1. The van der Waals surface area contributed by atoms with Gasteiger partial charge in [0.2, 0.25) is 17.6 Å². The van der Waals surface area contributed by atoms with E-state index in [-0.39, 0.29) is 43.9 Å². The summed E-state index contributed by atoms with van der Waals surface area (Å²) in [7, 11) is 0. The number of fused-ring (bicyclic) bond motifs is 1. The third kappa shape index (κ3) is 10.2. The number of nitrogens with one attached hydrogen (secondary N) is 4. The lowest BCUT2D eigenvalue weighted by Gasteiger charge is -2.36. The Hall–Kier alpha value is -4.20. The average Bonchev–Trinajstić information content (AvgIpc) is 3.81. The van der Waals surface area contributed by atoms with Crippen molar-refractivity contribution in [1.29, 1.82) is 0 Å². The Kier molecular flexibility index (Phi) is 13.8. The summed E-state index contributed by atoms with van der Waals surface area (Å²) in [5.41, 5.74) is -0.537. The van der Waals surface area contributed by atoms with E-state index in [4.69, 9.17) is 13.9 Å². The maximum atomic E-state index is 14.7. The molecule has 0 bridgehead atoms. The summed E-state index contributed by atoms with van der Waals surface area (Å²) in [5, 5.41) is 10.9. The third-order valence-electron chi connectivity index (χ3n) is 10.0. The normalized spacial score (nSPS) is 23.0. The van der Waals surface area contributed by atoms with Crippen molar-refractivity contribution in [3.05, 3.63) is 36.8 Å². The van der Waals surface area contributed by atoms with E-state index >= 15 is 0 Å². The summed E-state index contributed by atoms with van der Waals surface area (Å²) in [6.07, 6.45) is 7.90. The second-order valence-electron chi connectivity index (χ2n) is 14.8. The van der Waals surface area contributed by atoms with Crippen LogP contribution in [0.25, 0.3) is 0 Å². The molecule has 2 saturated heterocycles. The van der Waals surface area contributed by atoms with Crippen molar-refractivity contribution in [2.45, 2.75) is 128 Å². The van der Waals surface area contributed by atoms with E-state index in [1.807, 2.05) is 20.8 Å². The maximum Gasteiger partial charge on any atom is 0.329 e. The summed E-state index contributed by atoms with van der Waals surface area (Å²) in [6, 6.07) is -1.42. The molecule has 4 rings (SSSR count). The first-order valence-corrected chi connectivity index (χ1v) is 18.2. The van der Waals surface area contributed by atoms with E-state index in [9.17, 15) is 28.8 Å². The van der Waals surface area contributed by atoms with Crippen LogP contribution in [0.15, 0.2) is 35.5 Å². The number of carbonyl (C=O) groups excluding carboxylic acids is 6. The molecule has 2 aliphatic heterocycles. The third-order valence-corrected chi connectivity index (χ3v) is 10.0. The molecule has 0 radical (unpaired) electrons. The molecule has 4 N–H and O–H groups in total. The molecule has 3 aliphatic rings.